The number of imide groups is 1. The topological polar surface area (TPSA) is 88.9 Å². The van der Waals surface area contributed by atoms with Crippen LogP contribution in [0.1, 0.15) is 57.1 Å². The van der Waals surface area contributed by atoms with E-state index in [1.165, 1.54) is 19.3 Å². The molecular weight excluding hydrogens is 456 g/mol. The minimum Gasteiger partial charge on any atom is -0.494 e. The number of rotatable bonds is 10. The monoisotopic (exact) mass is 486 g/mol. The lowest BCUT2D eigenvalue weighted by molar-refractivity contribution is -0.141. The Kier molecular flexibility index (Phi) is 8.06. The zero-order valence-corrected chi connectivity index (χ0v) is 20.7. The number of unbranched alkanes of at least 4 members (excludes halogenated alkanes) is 4. The molecule has 0 N–H and O–H groups in total. The molecule has 7 nitrogen and oxygen atoms in total. The predicted molar refractivity (Wildman–Crippen MR) is 135 cm³/mol. The number of nitrogens with zero attached hydrogens (tertiary/aromatic N) is 2. The first-order chi connectivity index (χ1) is 17.5. The Bertz CT molecular complexity index is 1240. The Morgan fingerprint density at radius 3 is 2.50 bits per heavy atom. The molecular formula is C29H30N2O5. The van der Waals surface area contributed by atoms with Crippen LogP contribution in [0.3, 0.4) is 0 Å². The van der Waals surface area contributed by atoms with Crippen LogP contribution in [0.15, 0.2) is 59.2 Å². The molecule has 2 aromatic rings. The fourth-order valence-electron chi connectivity index (χ4n) is 4.22. The van der Waals surface area contributed by atoms with Gasteiger partial charge < -0.3 is 14.2 Å². The van der Waals surface area contributed by atoms with Crippen molar-refractivity contribution >= 4 is 17.9 Å². The second-order valence-electron chi connectivity index (χ2n) is 8.89. The van der Waals surface area contributed by atoms with Crippen LogP contribution in [-0.4, -0.2) is 30.1 Å². The molecule has 2 aromatic carbocycles. The minimum absolute atomic E-state index is 0.0230. The van der Waals surface area contributed by atoms with Gasteiger partial charge >= 0.3 is 0 Å². The van der Waals surface area contributed by atoms with Crippen molar-refractivity contribution in [3.05, 3.63) is 70.3 Å². The number of hydrogen-bond donors (Lipinski definition) is 0. The lowest BCUT2D eigenvalue weighted by Crippen LogP contribution is -2.42. The Morgan fingerprint density at radius 1 is 1.00 bits per heavy atom. The average Bonchev–Trinajstić information content (AvgIpc) is 3.36. The van der Waals surface area contributed by atoms with E-state index in [0.717, 1.165) is 29.1 Å². The molecule has 0 saturated heterocycles. The van der Waals surface area contributed by atoms with Gasteiger partial charge in [-0.1, -0.05) is 50.8 Å². The molecule has 2 aliphatic rings. The van der Waals surface area contributed by atoms with E-state index in [-0.39, 0.29) is 18.9 Å². The highest BCUT2D eigenvalue weighted by Gasteiger charge is 2.35. The van der Waals surface area contributed by atoms with Crippen molar-refractivity contribution in [1.29, 1.82) is 5.26 Å². The maximum absolute atomic E-state index is 13.4. The summed E-state index contributed by atoms with van der Waals surface area (Å²) >= 11 is 0. The second-order valence-corrected chi connectivity index (χ2v) is 8.89. The van der Waals surface area contributed by atoms with E-state index in [0.29, 0.717) is 34.8 Å². The Hall–Kier alpha value is -4.05. The van der Waals surface area contributed by atoms with Crippen molar-refractivity contribution in [2.75, 3.05) is 13.4 Å². The molecule has 0 saturated carbocycles. The number of hydrogen-bond acceptors (Lipinski definition) is 6. The summed E-state index contributed by atoms with van der Waals surface area (Å²) in [5, 5.41) is 9.65. The van der Waals surface area contributed by atoms with Gasteiger partial charge in [0.15, 0.2) is 11.5 Å². The van der Waals surface area contributed by atoms with Crippen LogP contribution in [0.2, 0.25) is 0 Å². The number of ether oxygens (including phenoxy) is 3. The summed E-state index contributed by atoms with van der Waals surface area (Å²) in [6.45, 7) is 4.66. The van der Waals surface area contributed by atoms with Crippen LogP contribution in [0, 0.1) is 11.3 Å². The molecule has 7 heteroatoms. The molecule has 0 spiro atoms. The van der Waals surface area contributed by atoms with E-state index < -0.39 is 11.8 Å². The maximum atomic E-state index is 13.4. The summed E-state index contributed by atoms with van der Waals surface area (Å²) in [5.74, 6) is 0.912. The van der Waals surface area contributed by atoms with Crippen LogP contribution in [-0.2, 0) is 16.1 Å². The molecule has 0 aliphatic carbocycles. The Morgan fingerprint density at radius 2 is 1.75 bits per heavy atom. The van der Waals surface area contributed by atoms with Crippen LogP contribution in [0.25, 0.3) is 6.08 Å². The first-order valence-electron chi connectivity index (χ1n) is 12.3. The highest BCUT2D eigenvalue weighted by Crippen LogP contribution is 2.34. The summed E-state index contributed by atoms with van der Waals surface area (Å²) in [7, 11) is 0. The van der Waals surface area contributed by atoms with Crippen LogP contribution in [0.5, 0.6) is 17.2 Å². The first-order valence-corrected chi connectivity index (χ1v) is 12.3. The fourth-order valence-corrected chi connectivity index (χ4v) is 4.22. The number of nitriles is 1. The van der Waals surface area contributed by atoms with Crippen LogP contribution >= 0.6 is 0 Å². The first kappa shape index (κ1) is 25.1. The van der Waals surface area contributed by atoms with Gasteiger partial charge in [0.2, 0.25) is 6.79 Å². The molecule has 0 atom stereocenters. The third-order valence-corrected chi connectivity index (χ3v) is 6.31. The van der Waals surface area contributed by atoms with Gasteiger partial charge in [-0.15, -0.1) is 0 Å². The number of benzene rings is 2. The molecule has 2 aliphatic heterocycles. The Labute approximate surface area is 211 Å². The van der Waals surface area contributed by atoms with Crippen LogP contribution in [0.4, 0.5) is 0 Å². The SMILES string of the molecule is CCCCCCCOc1ccc(/C=C2/C(=O)N(Cc3ccc4c(c3)OCO4)C(=O)C(C#N)=C2C)cc1. The van der Waals surface area contributed by atoms with Gasteiger partial charge in [0.05, 0.1) is 13.2 Å². The third-order valence-electron chi connectivity index (χ3n) is 6.31. The van der Waals surface area contributed by atoms with Gasteiger partial charge in [0.25, 0.3) is 11.8 Å². The molecule has 186 valence electrons. The van der Waals surface area contributed by atoms with Crippen molar-refractivity contribution in [3.63, 3.8) is 0 Å². The molecule has 0 unspecified atom stereocenters. The van der Waals surface area contributed by atoms with E-state index in [1.54, 1.807) is 31.2 Å². The van der Waals surface area contributed by atoms with Crippen molar-refractivity contribution in [3.8, 4) is 23.3 Å². The number of amides is 2. The third kappa shape index (κ3) is 5.60. The molecule has 2 amide bonds. The summed E-state index contributed by atoms with van der Waals surface area (Å²) in [6.07, 6.45) is 7.59. The zero-order chi connectivity index (χ0) is 25.5. The maximum Gasteiger partial charge on any atom is 0.271 e. The van der Waals surface area contributed by atoms with Crippen molar-refractivity contribution in [1.82, 2.24) is 4.90 Å². The van der Waals surface area contributed by atoms with E-state index in [4.69, 9.17) is 14.2 Å². The summed E-state index contributed by atoms with van der Waals surface area (Å²) in [6, 6.07) is 14.7. The molecule has 36 heavy (non-hydrogen) atoms. The summed E-state index contributed by atoms with van der Waals surface area (Å²) in [5.41, 5.74) is 2.14. The number of fused-ring (bicyclic) bond motifs is 1. The summed E-state index contributed by atoms with van der Waals surface area (Å²) < 4.78 is 16.6. The van der Waals surface area contributed by atoms with Crippen molar-refractivity contribution < 1.29 is 23.8 Å². The highest BCUT2D eigenvalue weighted by molar-refractivity contribution is 6.19. The smallest absolute Gasteiger partial charge is 0.271 e. The van der Waals surface area contributed by atoms with E-state index in [9.17, 15) is 14.9 Å². The minimum atomic E-state index is -0.600. The Balaban J connectivity index is 1.49. The highest BCUT2D eigenvalue weighted by atomic mass is 16.7. The molecule has 0 fully saturated rings. The summed E-state index contributed by atoms with van der Waals surface area (Å²) in [4.78, 5) is 27.4. The molecule has 0 aromatic heterocycles. The zero-order valence-electron chi connectivity index (χ0n) is 20.7. The van der Waals surface area contributed by atoms with Gasteiger partial charge in [0, 0.05) is 5.57 Å². The fraction of sp³-hybridized carbons (Fsp3) is 0.345. The van der Waals surface area contributed by atoms with Gasteiger partial charge in [-0.25, -0.2) is 0 Å². The van der Waals surface area contributed by atoms with Crippen LogP contribution < -0.4 is 14.2 Å². The number of carbonyl (C=O) groups excluding carboxylic acids is 2. The van der Waals surface area contributed by atoms with E-state index >= 15 is 0 Å². The lowest BCUT2D eigenvalue weighted by Gasteiger charge is -2.27. The van der Waals surface area contributed by atoms with E-state index in [2.05, 4.69) is 6.92 Å². The van der Waals surface area contributed by atoms with Gasteiger partial charge in [-0.05, 0) is 60.4 Å². The van der Waals surface area contributed by atoms with E-state index in [1.807, 2.05) is 30.3 Å². The second kappa shape index (κ2) is 11.6. The average molecular weight is 487 g/mol. The van der Waals surface area contributed by atoms with Gasteiger partial charge in [-0.2, -0.15) is 5.26 Å². The standard InChI is InChI=1S/C29H30N2O5/c1-3-4-5-6-7-14-34-23-11-8-21(9-12-23)15-24-20(2)25(17-30)29(33)31(28(24)32)18-22-10-13-26-27(16-22)36-19-35-26/h8-13,15-16H,3-7,14,18-19H2,1-2H3/b24-15+. The molecule has 2 heterocycles. The molecule has 0 bridgehead atoms. The van der Waals surface area contributed by atoms with Crippen molar-refractivity contribution in [2.24, 2.45) is 0 Å². The lowest BCUT2D eigenvalue weighted by atomic mass is 9.93. The van der Waals surface area contributed by atoms with Gasteiger partial charge in [0.1, 0.15) is 17.4 Å². The largest absolute Gasteiger partial charge is 0.494 e. The quantitative estimate of drug-likeness (QED) is 0.248. The normalized spacial score (nSPS) is 16.0. The molecule has 4 rings (SSSR count). The van der Waals surface area contributed by atoms with Gasteiger partial charge in [-0.3, -0.25) is 14.5 Å². The molecule has 0 radical (unpaired) electrons. The number of carbonyl (C=O) groups is 2. The predicted octanol–water partition coefficient (Wildman–Crippen LogP) is 5.56. The van der Waals surface area contributed by atoms with Crippen molar-refractivity contribution in [2.45, 2.75) is 52.5 Å².